The van der Waals surface area contributed by atoms with Crippen LogP contribution in [0.5, 0.6) is 0 Å². The third kappa shape index (κ3) is 5.32. The van der Waals surface area contributed by atoms with E-state index in [1.165, 1.54) is 24.5 Å². The number of benzene rings is 1. The largest absolute Gasteiger partial charge is 0.338 e. The fourth-order valence-corrected chi connectivity index (χ4v) is 2.50. The van der Waals surface area contributed by atoms with Crippen LogP contribution in [0.25, 0.3) is 0 Å². The highest BCUT2D eigenvalue weighted by molar-refractivity contribution is 5.78. The Hall–Kier alpha value is -2.35. The van der Waals surface area contributed by atoms with E-state index in [0.717, 1.165) is 4.57 Å². The van der Waals surface area contributed by atoms with Crippen LogP contribution in [0.3, 0.4) is 0 Å². The number of rotatable bonds is 8. The van der Waals surface area contributed by atoms with E-state index in [9.17, 15) is 18.0 Å². The van der Waals surface area contributed by atoms with Crippen LogP contribution in [0, 0.1) is 5.82 Å². The summed E-state index contributed by atoms with van der Waals surface area (Å²) < 4.78 is 39.7. The molecule has 0 N–H and O–H groups in total. The molecule has 0 fully saturated rings. The monoisotopic (exact) mass is 354 g/mol. The summed E-state index contributed by atoms with van der Waals surface area (Å²) in [5.41, 5.74) is 0.700. The fourth-order valence-electron chi connectivity index (χ4n) is 2.50. The van der Waals surface area contributed by atoms with E-state index in [1.807, 2.05) is 6.92 Å². The molecule has 0 atom stereocenters. The second kappa shape index (κ2) is 8.66. The van der Waals surface area contributed by atoms with E-state index >= 15 is 0 Å². The number of hydrogen-bond acceptors (Lipinski definition) is 3. The van der Waals surface area contributed by atoms with Crippen molar-refractivity contribution >= 4 is 5.91 Å². The summed E-state index contributed by atoms with van der Waals surface area (Å²) in [5, 5.41) is 0. The van der Waals surface area contributed by atoms with Crippen molar-refractivity contribution in [3.05, 3.63) is 53.9 Å². The Labute approximate surface area is 144 Å². The second-order valence-corrected chi connectivity index (χ2v) is 5.74. The smallest absolute Gasteiger partial charge is 0.319 e. The summed E-state index contributed by atoms with van der Waals surface area (Å²) in [7, 11) is 1.67. The van der Waals surface area contributed by atoms with Crippen LogP contribution in [0.4, 0.5) is 13.2 Å². The SMILES string of the molecule is CCN(Cc1cccc(F)c1)C(=O)CN(C)Cc1nccn1C(F)F. The predicted molar refractivity (Wildman–Crippen MR) is 87.3 cm³/mol. The maximum absolute atomic E-state index is 13.3. The van der Waals surface area contributed by atoms with Crippen molar-refractivity contribution in [2.24, 2.45) is 0 Å². The molecule has 0 bridgehead atoms. The van der Waals surface area contributed by atoms with Crippen molar-refractivity contribution in [2.45, 2.75) is 26.6 Å². The maximum Gasteiger partial charge on any atom is 0.319 e. The van der Waals surface area contributed by atoms with E-state index in [2.05, 4.69) is 4.98 Å². The van der Waals surface area contributed by atoms with E-state index in [0.29, 0.717) is 18.7 Å². The van der Waals surface area contributed by atoms with Gasteiger partial charge in [-0.2, -0.15) is 8.78 Å². The minimum Gasteiger partial charge on any atom is -0.338 e. The lowest BCUT2D eigenvalue weighted by Gasteiger charge is -2.24. The van der Waals surface area contributed by atoms with Crippen LogP contribution in [0.1, 0.15) is 24.9 Å². The zero-order valence-electron chi connectivity index (χ0n) is 14.2. The molecule has 0 radical (unpaired) electrons. The number of aromatic nitrogens is 2. The lowest BCUT2D eigenvalue weighted by Crippen LogP contribution is -2.38. The molecule has 1 aromatic heterocycles. The first-order valence-corrected chi connectivity index (χ1v) is 7.91. The Morgan fingerprint density at radius 1 is 1.32 bits per heavy atom. The second-order valence-electron chi connectivity index (χ2n) is 5.74. The van der Waals surface area contributed by atoms with Crippen molar-refractivity contribution in [1.29, 1.82) is 0 Å². The van der Waals surface area contributed by atoms with Crippen molar-refractivity contribution in [3.8, 4) is 0 Å². The highest BCUT2D eigenvalue weighted by Crippen LogP contribution is 2.14. The van der Waals surface area contributed by atoms with Gasteiger partial charge in [0.1, 0.15) is 11.6 Å². The average Bonchev–Trinajstić information content (AvgIpc) is 3.00. The van der Waals surface area contributed by atoms with Gasteiger partial charge in [0.2, 0.25) is 5.91 Å². The van der Waals surface area contributed by atoms with Gasteiger partial charge in [-0.1, -0.05) is 12.1 Å². The number of alkyl halides is 2. The minimum atomic E-state index is -2.67. The number of halogens is 3. The Morgan fingerprint density at radius 2 is 2.08 bits per heavy atom. The summed E-state index contributed by atoms with van der Waals surface area (Å²) in [6.45, 7) is 0.115. The van der Waals surface area contributed by atoms with Crippen molar-refractivity contribution in [2.75, 3.05) is 20.1 Å². The van der Waals surface area contributed by atoms with Crippen molar-refractivity contribution < 1.29 is 18.0 Å². The lowest BCUT2D eigenvalue weighted by atomic mass is 10.2. The number of likely N-dealkylation sites (N-methyl/N-ethyl adjacent to an activating group) is 2. The minimum absolute atomic E-state index is 0.0548. The molecule has 0 spiro atoms. The number of hydrogen-bond donors (Lipinski definition) is 0. The number of imidazole rings is 1. The Morgan fingerprint density at radius 3 is 2.72 bits per heavy atom. The van der Waals surface area contributed by atoms with Gasteiger partial charge in [-0.15, -0.1) is 0 Å². The molecule has 0 unspecified atom stereocenters. The highest BCUT2D eigenvalue weighted by atomic mass is 19.3. The van der Waals surface area contributed by atoms with Gasteiger partial charge >= 0.3 is 6.55 Å². The zero-order valence-corrected chi connectivity index (χ0v) is 14.2. The number of carbonyl (C=O) groups is 1. The Kier molecular flexibility index (Phi) is 6.58. The molecule has 1 aromatic carbocycles. The van der Waals surface area contributed by atoms with E-state index in [1.54, 1.807) is 29.0 Å². The van der Waals surface area contributed by atoms with Crippen LogP contribution >= 0.6 is 0 Å². The molecule has 136 valence electrons. The van der Waals surface area contributed by atoms with Crippen molar-refractivity contribution in [1.82, 2.24) is 19.4 Å². The number of amides is 1. The Balaban J connectivity index is 1.95. The highest BCUT2D eigenvalue weighted by Gasteiger charge is 2.18. The fraction of sp³-hybridized carbons (Fsp3) is 0.412. The standard InChI is InChI=1S/C17H21F3N4O/c1-3-23(10-13-5-4-6-14(18)9-13)16(25)12-22(2)11-15-21-7-8-24(15)17(19)20/h4-9,17H,3,10-12H2,1-2H3. The molecule has 2 rings (SSSR count). The first-order valence-electron chi connectivity index (χ1n) is 7.91. The first-order chi connectivity index (χ1) is 11.9. The van der Waals surface area contributed by atoms with E-state index in [-0.39, 0.29) is 30.6 Å². The molecule has 0 aliphatic rings. The molecule has 0 aliphatic carbocycles. The molecule has 8 heteroatoms. The van der Waals surface area contributed by atoms with Gasteiger partial charge in [0.05, 0.1) is 13.1 Å². The maximum atomic E-state index is 13.3. The third-order valence-electron chi connectivity index (χ3n) is 3.77. The molecule has 0 aliphatic heterocycles. The number of nitrogens with zero attached hydrogens (tertiary/aromatic N) is 4. The van der Waals surface area contributed by atoms with Gasteiger partial charge in [0.15, 0.2) is 0 Å². The molecule has 2 aromatic rings. The molecule has 5 nitrogen and oxygen atoms in total. The molecule has 1 amide bonds. The summed E-state index contributed by atoms with van der Waals surface area (Å²) in [5.74, 6) is -0.320. The quantitative estimate of drug-likeness (QED) is 0.732. The van der Waals surface area contributed by atoms with Crippen LogP contribution < -0.4 is 0 Å². The Bertz CT molecular complexity index is 705. The molecule has 0 saturated carbocycles. The summed E-state index contributed by atoms with van der Waals surface area (Å²) in [6.07, 6.45) is 2.51. The molecule has 0 saturated heterocycles. The van der Waals surface area contributed by atoms with E-state index in [4.69, 9.17) is 0 Å². The molecule has 1 heterocycles. The van der Waals surface area contributed by atoms with E-state index < -0.39 is 6.55 Å². The van der Waals surface area contributed by atoms with Gasteiger partial charge in [-0.25, -0.2) is 9.37 Å². The number of carbonyl (C=O) groups excluding carboxylic acids is 1. The normalized spacial score (nSPS) is 11.3. The average molecular weight is 354 g/mol. The topological polar surface area (TPSA) is 41.4 Å². The first kappa shape index (κ1) is 19.0. The lowest BCUT2D eigenvalue weighted by molar-refractivity contribution is -0.132. The van der Waals surface area contributed by atoms with Gasteiger partial charge < -0.3 is 4.90 Å². The summed E-state index contributed by atoms with van der Waals surface area (Å²) in [6, 6.07) is 6.08. The summed E-state index contributed by atoms with van der Waals surface area (Å²) in [4.78, 5) is 19.5. The van der Waals surface area contributed by atoms with Gasteiger partial charge in [0, 0.05) is 25.5 Å². The third-order valence-corrected chi connectivity index (χ3v) is 3.77. The van der Waals surface area contributed by atoms with Crippen LogP contribution in [-0.2, 0) is 17.9 Å². The molecule has 25 heavy (non-hydrogen) atoms. The van der Waals surface area contributed by atoms with Crippen LogP contribution in [0.15, 0.2) is 36.7 Å². The molecular weight excluding hydrogens is 333 g/mol. The van der Waals surface area contributed by atoms with Crippen LogP contribution in [0.2, 0.25) is 0 Å². The van der Waals surface area contributed by atoms with Crippen molar-refractivity contribution in [3.63, 3.8) is 0 Å². The van der Waals surface area contributed by atoms with Gasteiger partial charge in [-0.05, 0) is 31.7 Å². The van der Waals surface area contributed by atoms with Gasteiger partial charge in [0.25, 0.3) is 0 Å². The van der Waals surface area contributed by atoms with Crippen LogP contribution in [-0.4, -0.2) is 45.4 Å². The zero-order chi connectivity index (χ0) is 18.4. The summed E-state index contributed by atoms with van der Waals surface area (Å²) >= 11 is 0. The predicted octanol–water partition coefficient (Wildman–Crippen LogP) is 2.90. The van der Waals surface area contributed by atoms with Gasteiger partial charge in [-0.3, -0.25) is 14.3 Å². The molecular formula is C17H21F3N4O.